The Morgan fingerprint density at radius 1 is 1.30 bits per heavy atom. The molecule has 3 N–H and O–H groups in total. The number of benzene rings is 1. The average Bonchev–Trinajstić information content (AvgIpc) is 2.42. The van der Waals surface area contributed by atoms with Crippen molar-refractivity contribution in [2.24, 2.45) is 5.73 Å². The summed E-state index contributed by atoms with van der Waals surface area (Å²) in [5.74, 6) is -0.500. The Kier molecular flexibility index (Phi) is 9.12. The van der Waals surface area contributed by atoms with E-state index < -0.39 is 33.6 Å². The summed E-state index contributed by atoms with van der Waals surface area (Å²) in [6, 6.07) is 3.93. The lowest BCUT2D eigenvalue weighted by atomic mass is 10.1. The molecule has 1 rings (SSSR count). The van der Waals surface area contributed by atoms with Gasteiger partial charge in [0.25, 0.3) is 0 Å². The normalized spacial score (nSPS) is 13.4. The van der Waals surface area contributed by atoms with Gasteiger partial charge in [0.1, 0.15) is 0 Å². The fraction of sp³-hybridized carbons (Fsp3) is 0.571. The second kappa shape index (κ2) is 9.46. The topological polar surface area (TPSA) is 72.2 Å². The molecule has 23 heavy (non-hydrogen) atoms. The summed E-state index contributed by atoms with van der Waals surface area (Å²) in [7, 11) is -3.74. The van der Waals surface area contributed by atoms with Crippen LogP contribution in [0.2, 0.25) is 0 Å². The maximum Gasteiger partial charge on any atom is 0.416 e. The molecule has 0 bridgehead atoms. The molecule has 0 heterocycles. The molecule has 1 atom stereocenters. The quantitative estimate of drug-likeness (QED) is 0.734. The maximum atomic E-state index is 12.6. The van der Waals surface area contributed by atoms with Gasteiger partial charge in [0.2, 0.25) is 10.0 Å². The number of hydrogen-bond donors (Lipinski definition) is 2. The van der Waals surface area contributed by atoms with E-state index in [0.29, 0.717) is 6.42 Å². The first kappa shape index (κ1) is 22.2. The highest BCUT2D eigenvalue weighted by molar-refractivity contribution is 7.88. The molecule has 0 aliphatic rings. The number of unbranched alkanes of at least 4 members (excludes halogenated alkanes) is 1. The third-order valence-corrected chi connectivity index (χ3v) is 4.55. The van der Waals surface area contributed by atoms with Crippen molar-refractivity contribution in [2.45, 2.75) is 44.2 Å². The van der Waals surface area contributed by atoms with Crippen molar-refractivity contribution in [3.8, 4) is 0 Å². The number of rotatable bonds is 8. The molecule has 0 radical (unpaired) electrons. The van der Waals surface area contributed by atoms with Gasteiger partial charge in [0, 0.05) is 12.6 Å². The third-order valence-electron chi connectivity index (χ3n) is 3.15. The Labute approximate surface area is 141 Å². The van der Waals surface area contributed by atoms with E-state index in [1.54, 1.807) is 0 Å². The van der Waals surface area contributed by atoms with Crippen LogP contribution in [0.15, 0.2) is 24.3 Å². The van der Waals surface area contributed by atoms with Crippen LogP contribution < -0.4 is 10.5 Å². The fourth-order valence-electron chi connectivity index (χ4n) is 2.03. The SMILES string of the molecule is CCCCC(CN)NS(=O)(=O)Cc1cccc(C(F)(F)F)c1.Cl. The van der Waals surface area contributed by atoms with Gasteiger partial charge >= 0.3 is 6.18 Å². The van der Waals surface area contributed by atoms with Gasteiger partial charge in [-0.25, -0.2) is 13.1 Å². The molecular formula is C14H22ClF3N2O2S. The highest BCUT2D eigenvalue weighted by Crippen LogP contribution is 2.29. The van der Waals surface area contributed by atoms with Crippen LogP contribution in [0.25, 0.3) is 0 Å². The molecule has 0 saturated heterocycles. The summed E-state index contributed by atoms with van der Waals surface area (Å²) in [6.45, 7) is 2.13. The van der Waals surface area contributed by atoms with Crippen molar-refractivity contribution in [3.63, 3.8) is 0 Å². The fourth-order valence-corrected chi connectivity index (χ4v) is 3.45. The summed E-state index contributed by atoms with van der Waals surface area (Å²) in [4.78, 5) is 0. The zero-order valence-electron chi connectivity index (χ0n) is 12.8. The van der Waals surface area contributed by atoms with Crippen LogP contribution in [0.5, 0.6) is 0 Å². The van der Waals surface area contributed by atoms with Crippen LogP contribution in [0, 0.1) is 0 Å². The van der Waals surface area contributed by atoms with Crippen LogP contribution in [0.4, 0.5) is 13.2 Å². The molecule has 1 aromatic rings. The monoisotopic (exact) mass is 374 g/mol. The molecule has 1 unspecified atom stereocenters. The van der Waals surface area contributed by atoms with E-state index in [0.717, 1.165) is 25.0 Å². The highest BCUT2D eigenvalue weighted by Gasteiger charge is 2.30. The first-order valence-electron chi connectivity index (χ1n) is 7.04. The van der Waals surface area contributed by atoms with Gasteiger partial charge in [-0.15, -0.1) is 12.4 Å². The largest absolute Gasteiger partial charge is 0.416 e. The van der Waals surface area contributed by atoms with Crippen LogP contribution >= 0.6 is 12.4 Å². The predicted octanol–water partition coefficient (Wildman–Crippen LogP) is 3.06. The molecule has 9 heteroatoms. The standard InChI is InChI=1S/C14H21F3N2O2S.ClH/c1-2-3-7-13(9-18)19-22(20,21)10-11-5-4-6-12(8-11)14(15,16)17;/h4-6,8,13,19H,2-3,7,9-10,18H2,1H3;1H. The molecule has 0 aliphatic heterocycles. The van der Waals surface area contributed by atoms with Crippen molar-refractivity contribution in [3.05, 3.63) is 35.4 Å². The minimum atomic E-state index is -4.49. The number of sulfonamides is 1. The minimum absolute atomic E-state index is 0. The molecule has 1 aromatic carbocycles. The zero-order chi connectivity index (χ0) is 16.8. The van der Waals surface area contributed by atoms with E-state index >= 15 is 0 Å². The minimum Gasteiger partial charge on any atom is -0.329 e. The molecule has 0 amide bonds. The number of nitrogens with one attached hydrogen (secondary N) is 1. The predicted molar refractivity (Wildman–Crippen MR) is 86.8 cm³/mol. The maximum absolute atomic E-state index is 12.6. The van der Waals surface area contributed by atoms with Crippen molar-refractivity contribution in [1.29, 1.82) is 0 Å². The Morgan fingerprint density at radius 3 is 2.48 bits per heavy atom. The van der Waals surface area contributed by atoms with E-state index in [9.17, 15) is 21.6 Å². The van der Waals surface area contributed by atoms with Gasteiger partial charge in [-0.2, -0.15) is 13.2 Å². The second-order valence-electron chi connectivity index (χ2n) is 5.15. The Hall–Kier alpha value is -0.830. The highest BCUT2D eigenvalue weighted by atomic mass is 35.5. The molecule has 0 aliphatic carbocycles. The molecule has 0 saturated carbocycles. The number of halogens is 4. The first-order valence-corrected chi connectivity index (χ1v) is 8.69. The summed E-state index contributed by atoms with van der Waals surface area (Å²) in [6.07, 6.45) is -2.15. The summed E-state index contributed by atoms with van der Waals surface area (Å²) < 4.78 is 64.4. The summed E-state index contributed by atoms with van der Waals surface area (Å²) in [5.41, 5.74) is 4.75. The van der Waals surface area contributed by atoms with Gasteiger partial charge in [-0.05, 0) is 18.1 Å². The van der Waals surface area contributed by atoms with Crippen molar-refractivity contribution in [2.75, 3.05) is 6.54 Å². The van der Waals surface area contributed by atoms with E-state index in [-0.39, 0.29) is 24.5 Å². The zero-order valence-corrected chi connectivity index (χ0v) is 14.4. The van der Waals surface area contributed by atoms with E-state index in [1.165, 1.54) is 12.1 Å². The molecule has 0 aromatic heterocycles. The first-order chi connectivity index (χ1) is 10.2. The molecule has 4 nitrogen and oxygen atoms in total. The van der Waals surface area contributed by atoms with Crippen molar-refractivity contribution >= 4 is 22.4 Å². The van der Waals surface area contributed by atoms with Crippen molar-refractivity contribution in [1.82, 2.24) is 4.72 Å². The Bertz CT molecular complexity index is 580. The van der Waals surface area contributed by atoms with Crippen LogP contribution in [-0.4, -0.2) is 21.0 Å². The Balaban J connectivity index is 0.00000484. The lowest BCUT2D eigenvalue weighted by Crippen LogP contribution is -2.40. The summed E-state index contributed by atoms with van der Waals surface area (Å²) >= 11 is 0. The average molecular weight is 375 g/mol. The van der Waals surface area contributed by atoms with E-state index in [1.807, 2.05) is 6.92 Å². The van der Waals surface area contributed by atoms with Crippen LogP contribution in [-0.2, 0) is 22.0 Å². The van der Waals surface area contributed by atoms with Gasteiger partial charge < -0.3 is 5.73 Å². The van der Waals surface area contributed by atoms with E-state index in [4.69, 9.17) is 5.73 Å². The van der Waals surface area contributed by atoms with Crippen LogP contribution in [0.3, 0.4) is 0 Å². The van der Waals surface area contributed by atoms with Gasteiger partial charge in [0.15, 0.2) is 0 Å². The van der Waals surface area contributed by atoms with Crippen LogP contribution in [0.1, 0.15) is 37.3 Å². The second-order valence-corrected chi connectivity index (χ2v) is 6.90. The van der Waals surface area contributed by atoms with Gasteiger partial charge in [-0.3, -0.25) is 0 Å². The smallest absolute Gasteiger partial charge is 0.329 e. The molecular weight excluding hydrogens is 353 g/mol. The lowest BCUT2D eigenvalue weighted by Gasteiger charge is -2.17. The van der Waals surface area contributed by atoms with Gasteiger partial charge in [-0.1, -0.05) is 38.0 Å². The van der Waals surface area contributed by atoms with E-state index in [2.05, 4.69) is 4.72 Å². The molecule has 0 spiro atoms. The molecule has 134 valence electrons. The lowest BCUT2D eigenvalue weighted by molar-refractivity contribution is -0.137. The number of alkyl halides is 3. The summed E-state index contributed by atoms with van der Waals surface area (Å²) in [5, 5.41) is 0. The number of nitrogens with two attached hydrogens (primary N) is 1. The third kappa shape index (κ3) is 8.01. The number of hydrogen-bond acceptors (Lipinski definition) is 3. The van der Waals surface area contributed by atoms with Gasteiger partial charge in [0.05, 0.1) is 11.3 Å². The molecule has 0 fully saturated rings. The Morgan fingerprint density at radius 2 is 1.96 bits per heavy atom. The van der Waals surface area contributed by atoms with Crippen molar-refractivity contribution < 1.29 is 21.6 Å².